The van der Waals surface area contributed by atoms with Crippen molar-refractivity contribution in [3.63, 3.8) is 0 Å². The standard InChI is InChI=1S/C21H40N2O5S/c1-6-7-13-8-9-22-14(10-13)20(27)23-15(11(2)3)19-17(25)16(24)18(26)21(28-19)29-12(4)5/h11-19,21-22,24-26H,6-10H2,1-5H3,(H,23,27)/t13?,14?,15?,16-,17+,18+,19+,21+/m0/s1. The average Bonchev–Trinajstić information content (AvgIpc) is 2.66. The van der Waals surface area contributed by atoms with Crippen LogP contribution in [0.1, 0.15) is 60.3 Å². The molecule has 2 saturated heterocycles. The summed E-state index contributed by atoms with van der Waals surface area (Å²) in [7, 11) is 0. The molecule has 0 aromatic carbocycles. The van der Waals surface area contributed by atoms with Crippen LogP contribution in [0.3, 0.4) is 0 Å². The van der Waals surface area contributed by atoms with Gasteiger partial charge < -0.3 is 30.7 Å². The summed E-state index contributed by atoms with van der Waals surface area (Å²) in [4.78, 5) is 13.0. The monoisotopic (exact) mass is 432 g/mol. The Morgan fingerprint density at radius 1 is 1.17 bits per heavy atom. The molecule has 3 unspecified atom stereocenters. The first-order valence-corrected chi connectivity index (χ1v) is 12.0. The molecule has 2 aliphatic rings. The van der Waals surface area contributed by atoms with Gasteiger partial charge in [-0.05, 0) is 31.2 Å². The van der Waals surface area contributed by atoms with E-state index in [0.29, 0.717) is 5.92 Å². The molecule has 0 aromatic heterocycles. The van der Waals surface area contributed by atoms with Crippen molar-refractivity contribution in [3.8, 4) is 0 Å². The van der Waals surface area contributed by atoms with E-state index < -0.39 is 35.9 Å². The maximum absolute atomic E-state index is 13.0. The van der Waals surface area contributed by atoms with Crippen LogP contribution < -0.4 is 10.6 Å². The van der Waals surface area contributed by atoms with Gasteiger partial charge in [0, 0.05) is 5.25 Å². The SMILES string of the molecule is CCCC1CCNC(C(=O)NC(C(C)C)[C@H]2O[C@H](SC(C)C)[C@H](O)[C@@H](O)[C@H]2O)C1. The second kappa shape index (κ2) is 11.3. The van der Waals surface area contributed by atoms with E-state index in [1.165, 1.54) is 11.8 Å². The maximum atomic E-state index is 13.0. The number of carbonyl (C=O) groups excluding carboxylic acids is 1. The Morgan fingerprint density at radius 3 is 2.45 bits per heavy atom. The second-order valence-corrected chi connectivity index (χ2v) is 10.8. The zero-order valence-electron chi connectivity index (χ0n) is 18.4. The van der Waals surface area contributed by atoms with E-state index in [4.69, 9.17) is 4.74 Å². The molecule has 2 heterocycles. The summed E-state index contributed by atoms with van der Waals surface area (Å²) >= 11 is 1.41. The molecule has 2 rings (SSSR count). The summed E-state index contributed by atoms with van der Waals surface area (Å²) in [5.41, 5.74) is -0.654. The van der Waals surface area contributed by atoms with E-state index in [-0.39, 0.29) is 23.1 Å². The minimum atomic E-state index is -1.31. The zero-order chi connectivity index (χ0) is 21.7. The first kappa shape index (κ1) is 24.9. The van der Waals surface area contributed by atoms with E-state index in [0.717, 1.165) is 32.2 Å². The fourth-order valence-electron chi connectivity index (χ4n) is 4.31. The van der Waals surface area contributed by atoms with Gasteiger partial charge in [-0.3, -0.25) is 4.79 Å². The molecule has 8 atom stereocenters. The molecule has 1 amide bonds. The average molecular weight is 433 g/mol. The van der Waals surface area contributed by atoms with Crippen molar-refractivity contribution in [1.29, 1.82) is 0 Å². The Labute approximate surface area is 179 Å². The van der Waals surface area contributed by atoms with Gasteiger partial charge in [0.2, 0.25) is 5.91 Å². The topological polar surface area (TPSA) is 111 Å². The molecule has 170 valence electrons. The number of hydrogen-bond donors (Lipinski definition) is 5. The van der Waals surface area contributed by atoms with Crippen molar-refractivity contribution in [2.75, 3.05) is 6.54 Å². The maximum Gasteiger partial charge on any atom is 0.237 e. The predicted octanol–water partition coefficient (Wildman–Crippen LogP) is 1.24. The lowest BCUT2D eigenvalue weighted by atomic mass is 9.86. The Morgan fingerprint density at radius 2 is 1.86 bits per heavy atom. The highest BCUT2D eigenvalue weighted by molar-refractivity contribution is 8.00. The first-order valence-electron chi connectivity index (χ1n) is 11.0. The Bertz CT molecular complexity index is 519. The van der Waals surface area contributed by atoms with Crippen LogP contribution in [0.25, 0.3) is 0 Å². The molecule has 0 aromatic rings. The lowest BCUT2D eigenvalue weighted by molar-refractivity contribution is -0.208. The van der Waals surface area contributed by atoms with E-state index in [1.54, 1.807) is 0 Å². The molecule has 0 bridgehead atoms. The van der Waals surface area contributed by atoms with Gasteiger partial charge >= 0.3 is 0 Å². The minimum Gasteiger partial charge on any atom is -0.388 e. The van der Waals surface area contributed by atoms with E-state index in [9.17, 15) is 20.1 Å². The number of carbonyl (C=O) groups is 1. The third-order valence-corrected chi connectivity index (χ3v) is 7.12. The normalized spacial score (nSPS) is 37.0. The van der Waals surface area contributed by atoms with Crippen LogP contribution in [0, 0.1) is 11.8 Å². The molecular formula is C21H40N2O5S. The number of ether oxygens (including phenoxy) is 1. The van der Waals surface area contributed by atoms with Gasteiger partial charge in [-0.2, -0.15) is 0 Å². The lowest BCUT2D eigenvalue weighted by Crippen LogP contribution is -2.65. The number of nitrogens with one attached hydrogen (secondary N) is 2. The second-order valence-electron chi connectivity index (χ2n) is 9.09. The number of aliphatic hydroxyl groups is 3. The Balaban J connectivity index is 2.09. The van der Waals surface area contributed by atoms with Crippen LogP contribution in [0.5, 0.6) is 0 Å². The van der Waals surface area contributed by atoms with Crippen LogP contribution in [-0.4, -0.2) is 75.0 Å². The van der Waals surface area contributed by atoms with E-state index in [1.807, 2.05) is 27.7 Å². The van der Waals surface area contributed by atoms with Gasteiger partial charge in [-0.1, -0.05) is 47.5 Å². The molecular weight excluding hydrogens is 392 g/mol. The minimum absolute atomic E-state index is 0.0132. The summed E-state index contributed by atoms with van der Waals surface area (Å²) in [6.45, 7) is 10.9. The fourth-order valence-corrected chi connectivity index (χ4v) is 5.36. The molecule has 0 spiro atoms. The van der Waals surface area contributed by atoms with Crippen LogP contribution >= 0.6 is 11.8 Å². The predicted molar refractivity (Wildman–Crippen MR) is 116 cm³/mol. The van der Waals surface area contributed by atoms with Gasteiger partial charge in [0.1, 0.15) is 29.9 Å². The molecule has 8 heteroatoms. The third-order valence-electron chi connectivity index (χ3n) is 5.92. The van der Waals surface area contributed by atoms with Crippen LogP contribution in [0.2, 0.25) is 0 Å². The van der Waals surface area contributed by atoms with Gasteiger partial charge in [-0.25, -0.2) is 0 Å². The third kappa shape index (κ3) is 6.55. The molecule has 7 nitrogen and oxygen atoms in total. The van der Waals surface area contributed by atoms with Crippen LogP contribution in [0.4, 0.5) is 0 Å². The summed E-state index contributed by atoms with van der Waals surface area (Å²) < 4.78 is 6.03. The Kier molecular flexibility index (Phi) is 9.70. The number of piperidine rings is 1. The number of aliphatic hydroxyl groups excluding tert-OH is 3. The van der Waals surface area contributed by atoms with Gasteiger partial charge in [-0.15, -0.1) is 11.8 Å². The number of thioether (sulfide) groups is 1. The summed E-state index contributed by atoms with van der Waals surface area (Å²) in [5.74, 6) is 0.449. The molecule has 2 aliphatic heterocycles. The summed E-state index contributed by atoms with van der Waals surface area (Å²) in [5, 5.41) is 37.9. The number of hydrogen-bond acceptors (Lipinski definition) is 7. The summed E-state index contributed by atoms with van der Waals surface area (Å²) in [6, 6.07) is -0.720. The lowest BCUT2D eigenvalue weighted by Gasteiger charge is -2.45. The van der Waals surface area contributed by atoms with Crippen LogP contribution in [-0.2, 0) is 9.53 Å². The highest BCUT2D eigenvalue weighted by atomic mass is 32.2. The fraction of sp³-hybridized carbons (Fsp3) is 0.952. The number of amides is 1. The van der Waals surface area contributed by atoms with Gasteiger partial charge in [0.15, 0.2) is 0 Å². The first-order chi connectivity index (χ1) is 13.6. The van der Waals surface area contributed by atoms with Crippen molar-refractivity contribution < 1.29 is 24.9 Å². The Hall–Kier alpha value is -0.380. The quantitative estimate of drug-likeness (QED) is 0.392. The van der Waals surface area contributed by atoms with Crippen molar-refractivity contribution in [2.24, 2.45) is 11.8 Å². The van der Waals surface area contributed by atoms with Gasteiger partial charge in [0.25, 0.3) is 0 Å². The molecule has 0 saturated carbocycles. The molecule has 5 N–H and O–H groups in total. The van der Waals surface area contributed by atoms with E-state index >= 15 is 0 Å². The molecule has 0 radical (unpaired) electrons. The summed E-state index contributed by atoms with van der Waals surface area (Å²) in [6.07, 6.45) is -0.402. The molecule has 2 fully saturated rings. The van der Waals surface area contributed by atoms with E-state index in [2.05, 4.69) is 17.6 Å². The highest BCUT2D eigenvalue weighted by Crippen LogP contribution is 2.33. The van der Waals surface area contributed by atoms with Crippen molar-refractivity contribution in [1.82, 2.24) is 10.6 Å². The highest BCUT2D eigenvalue weighted by Gasteiger charge is 2.48. The van der Waals surface area contributed by atoms with Crippen molar-refractivity contribution in [3.05, 3.63) is 0 Å². The molecule has 0 aliphatic carbocycles. The number of rotatable bonds is 8. The largest absolute Gasteiger partial charge is 0.388 e. The van der Waals surface area contributed by atoms with Crippen molar-refractivity contribution in [2.45, 2.75) is 107 Å². The van der Waals surface area contributed by atoms with Gasteiger partial charge in [0.05, 0.1) is 12.1 Å². The van der Waals surface area contributed by atoms with Crippen molar-refractivity contribution >= 4 is 17.7 Å². The van der Waals surface area contributed by atoms with Crippen LogP contribution in [0.15, 0.2) is 0 Å². The smallest absolute Gasteiger partial charge is 0.237 e. The zero-order valence-corrected chi connectivity index (χ0v) is 19.2. The molecule has 29 heavy (non-hydrogen) atoms.